The lowest BCUT2D eigenvalue weighted by atomic mass is 9.90. The van der Waals surface area contributed by atoms with Gasteiger partial charge in [0.1, 0.15) is 0 Å². The van der Waals surface area contributed by atoms with E-state index in [2.05, 4.69) is 169 Å². The van der Waals surface area contributed by atoms with Gasteiger partial charge in [0, 0.05) is 42.2 Å². The molecule has 0 N–H and O–H groups in total. The Balaban J connectivity index is 1.16. The molecule has 0 spiro atoms. The monoisotopic (exact) mass is 680 g/mol. The third kappa shape index (κ3) is 4.57. The van der Waals surface area contributed by atoms with Crippen molar-refractivity contribution in [1.82, 2.24) is 15.0 Å². The maximum atomic E-state index is 5.33. The lowest BCUT2D eigenvalue weighted by Crippen LogP contribution is -2.18. The van der Waals surface area contributed by atoms with Gasteiger partial charge in [0.25, 0.3) is 0 Å². The summed E-state index contributed by atoms with van der Waals surface area (Å²) in [6, 6.07) is 60.4. The fourth-order valence-corrected chi connectivity index (χ4v) is 8.88. The molecule has 4 nitrogen and oxygen atoms in total. The van der Waals surface area contributed by atoms with Gasteiger partial charge in [0.05, 0.1) is 11.4 Å². The summed E-state index contributed by atoms with van der Waals surface area (Å²) >= 11 is 1.80. The normalized spacial score (nSPS) is 12.2. The topological polar surface area (TPSA) is 41.9 Å². The van der Waals surface area contributed by atoms with Crippen molar-refractivity contribution < 1.29 is 0 Å². The van der Waals surface area contributed by atoms with Crippen LogP contribution < -0.4 is 4.90 Å². The first-order valence-electron chi connectivity index (χ1n) is 17.4. The summed E-state index contributed by atoms with van der Waals surface area (Å²) < 4.78 is 2.48. The minimum Gasteiger partial charge on any atom is -0.278 e. The maximum Gasteiger partial charge on any atom is 0.238 e. The molecule has 5 heteroatoms. The largest absolute Gasteiger partial charge is 0.278 e. The number of hydrogen-bond acceptors (Lipinski definition) is 5. The van der Waals surface area contributed by atoms with Crippen LogP contribution in [0.2, 0.25) is 0 Å². The van der Waals surface area contributed by atoms with Gasteiger partial charge in [-0.15, -0.1) is 11.3 Å². The molecule has 1 aliphatic heterocycles. The molecule has 1 aliphatic rings. The van der Waals surface area contributed by atoms with Crippen LogP contribution in [0.25, 0.3) is 86.7 Å². The minimum atomic E-state index is 0.585. The zero-order valence-electron chi connectivity index (χ0n) is 27.9. The predicted molar refractivity (Wildman–Crippen MR) is 218 cm³/mol. The molecule has 0 fully saturated rings. The lowest BCUT2D eigenvalue weighted by molar-refractivity contribution is 1.02. The van der Waals surface area contributed by atoms with Gasteiger partial charge in [-0.25, -0.2) is 4.98 Å². The standard InChI is InChI=1S/C47H28N4S/c1-2-10-29(11-3-1)30-20-22-32(23-21-30)45-48-46(35-24-25-37-36-16-6-7-19-42(36)52-43(37)28-35)50-47(49-45)51-40-18-9-15-31-14-8-17-38(44(31)40)39-26-33-12-4-5-13-34(33)27-41(39)51/h1-28H. The highest BCUT2D eigenvalue weighted by atomic mass is 32.1. The van der Waals surface area contributed by atoms with Crippen molar-refractivity contribution in [1.29, 1.82) is 0 Å². The number of thiophene rings is 1. The van der Waals surface area contributed by atoms with Crippen LogP contribution in [0.5, 0.6) is 0 Å². The van der Waals surface area contributed by atoms with Crippen molar-refractivity contribution in [3.63, 3.8) is 0 Å². The maximum absolute atomic E-state index is 5.33. The molecule has 0 unspecified atom stereocenters. The van der Waals surface area contributed by atoms with Gasteiger partial charge in [-0.1, -0.05) is 140 Å². The number of anilines is 3. The first-order chi connectivity index (χ1) is 25.7. The number of benzene rings is 8. The Morgan fingerprint density at radius 1 is 0.385 bits per heavy atom. The molecule has 0 radical (unpaired) electrons. The summed E-state index contributed by atoms with van der Waals surface area (Å²) in [4.78, 5) is 18.0. The van der Waals surface area contributed by atoms with E-state index in [9.17, 15) is 0 Å². The van der Waals surface area contributed by atoms with E-state index >= 15 is 0 Å². The second kappa shape index (κ2) is 11.4. The van der Waals surface area contributed by atoms with E-state index in [0.29, 0.717) is 17.6 Å². The molecular formula is C47H28N4S. The van der Waals surface area contributed by atoms with E-state index in [1.54, 1.807) is 11.3 Å². The Morgan fingerprint density at radius 2 is 1.02 bits per heavy atom. The average Bonchev–Trinajstić information content (AvgIpc) is 3.59. The third-order valence-electron chi connectivity index (χ3n) is 10.2. The van der Waals surface area contributed by atoms with Crippen molar-refractivity contribution in [3.05, 3.63) is 170 Å². The van der Waals surface area contributed by atoms with Crippen molar-refractivity contribution in [2.45, 2.75) is 0 Å². The summed E-state index contributed by atoms with van der Waals surface area (Å²) in [5.74, 6) is 1.85. The molecule has 0 saturated heterocycles. The van der Waals surface area contributed by atoms with Crippen LogP contribution in [0.4, 0.5) is 17.3 Å². The van der Waals surface area contributed by atoms with Crippen molar-refractivity contribution in [2.75, 3.05) is 4.90 Å². The van der Waals surface area contributed by atoms with Gasteiger partial charge < -0.3 is 0 Å². The van der Waals surface area contributed by atoms with E-state index in [-0.39, 0.29) is 0 Å². The second-order valence-electron chi connectivity index (χ2n) is 13.3. The second-order valence-corrected chi connectivity index (χ2v) is 14.4. The smallest absolute Gasteiger partial charge is 0.238 e. The van der Waals surface area contributed by atoms with Gasteiger partial charge in [0.2, 0.25) is 5.95 Å². The van der Waals surface area contributed by atoms with Crippen LogP contribution in [-0.4, -0.2) is 15.0 Å². The van der Waals surface area contributed by atoms with Crippen LogP contribution >= 0.6 is 11.3 Å². The molecule has 0 atom stereocenters. The van der Waals surface area contributed by atoms with Crippen LogP contribution in [0, 0.1) is 0 Å². The molecule has 0 bridgehead atoms. The molecule has 10 aromatic rings. The summed E-state index contributed by atoms with van der Waals surface area (Å²) in [5.41, 5.74) is 8.68. The first-order valence-corrected chi connectivity index (χ1v) is 18.3. The summed E-state index contributed by atoms with van der Waals surface area (Å²) in [5, 5.41) is 7.25. The highest BCUT2D eigenvalue weighted by molar-refractivity contribution is 7.25. The highest BCUT2D eigenvalue weighted by Crippen LogP contribution is 2.51. The van der Waals surface area contributed by atoms with E-state index in [0.717, 1.165) is 33.6 Å². The Kier molecular flexibility index (Phi) is 6.39. The minimum absolute atomic E-state index is 0.585. The quantitative estimate of drug-likeness (QED) is 0.186. The van der Waals surface area contributed by atoms with E-state index in [1.165, 1.54) is 52.8 Å². The van der Waals surface area contributed by atoms with E-state index in [4.69, 9.17) is 15.0 Å². The van der Waals surface area contributed by atoms with Crippen molar-refractivity contribution >= 4 is 70.4 Å². The number of rotatable bonds is 4. The Hall–Kier alpha value is -6.69. The van der Waals surface area contributed by atoms with Crippen LogP contribution in [0.1, 0.15) is 0 Å². The number of aromatic nitrogens is 3. The number of nitrogens with zero attached hydrogens (tertiary/aromatic N) is 4. The van der Waals surface area contributed by atoms with Gasteiger partial charge in [0.15, 0.2) is 11.6 Å². The van der Waals surface area contributed by atoms with Crippen LogP contribution in [0.3, 0.4) is 0 Å². The van der Waals surface area contributed by atoms with Crippen LogP contribution in [0.15, 0.2) is 170 Å². The first kappa shape index (κ1) is 29.1. The van der Waals surface area contributed by atoms with E-state index in [1.807, 2.05) is 6.07 Å². The summed E-state index contributed by atoms with van der Waals surface area (Å²) in [6.07, 6.45) is 0. The zero-order chi connectivity index (χ0) is 34.2. The number of fused-ring (bicyclic) bond motifs is 6. The fraction of sp³-hybridized carbons (Fsp3) is 0. The Labute approximate surface area is 303 Å². The SMILES string of the molecule is c1ccc(-c2ccc(-c3nc(-c4ccc5c(c4)sc4ccccc45)nc(N4c5cc6ccccc6cc5-c5cccc6cccc4c56)n3)cc2)cc1. The molecule has 0 saturated carbocycles. The average molecular weight is 681 g/mol. The van der Waals surface area contributed by atoms with Gasteiger partial charge in [-0.2, -0.15) is 9.97 Å². The molecule has 3 heterocycles. The molecule has 8 aromatic carbocycles. The van der Waals surface area contributed by atoms with Gasteiger partial charge >= 0.3 is 0 Å². The Morgan fingerprint density at radius 3 is 1.87 bits per heavy atom. The lowest BCUT2D eigenvalue weighted by Gasteiger charge is -2.32. The third-order valence-corrected chi connectivity index (χ3v) is 11.4. The zero-order valence-corrected chi connectivity index (χ0v) is 28.7. The van der Waals surface area contributed by atoms with Crippen molar-refractivity contribution in [3.8, 4) is 45.0 Å². The molecule has 52 heavy (non-hydrogen) atoms. The number of hydrogen-bond donors (Lipinski definition) is 0. The highest BCUT2D eigenvalue weighted by Gasteiger charge is 2.29. The Bertz CT molecular complexity index is 3020. The molecular weight excluding hydrogens is 653 g/mol. The van der Waals surface area contributed by atoms with Gasteiger partial charge in [-0.3, -0.25) is 4.90 Å². The molecule has 0 amide bonds. The molecule has 0 aliphatic carbocycles. The summed E-state index contributed by atoms with van der Waals surface area (Å²) in [7, 11) is 0. The van der Waals surface area contributed by atoms with E-state index < -0.39 is 0 Å². The molecule has 11 rings (SSSR count). The van der Waals surface area contributed by atoms with Gasteiger partial charge in [-0.05, 0) is 63.2 Å². The molecule has 2 aromatic heterocycles. The van der Waals surface area contributed by atoms with Crippen LogP contribution in [-0.2, 0) is 0 Å². The predicted octanol–water partition coefficient (Wildman–Crippen LogP) is 13.0. The van der Waals surface area contributed by atoms with Crippen molar-refractivity contribution in [2.24, 2.45) is 0 Å². The fourth-order valence-electron chi connectivity index (χ4n) is 7.74. The summed E-state index contributed by atoms with van der Waals surface area (Å²) in [6.45, 7) is 0. The molecule has 242 valence electrons.